The van der Waals surface area contributed by atoms with Gasteiger partial charge in [0.15, 0.2) is 0 Å². The molecule has 1 aromatic carbocycles. The SMILES string of the molecule is Cc1cc(CN2CCN(C)CC2)ccc1OC1CCC1. The summed E-state index contributed by atoms with van der Waals surface area (Å²) in [6, 6.07) is 6.70. The van der Waals surface area contributed by atoms with E-state index in [1.54, 1.807) is 0 Å². The maximum absolute atomic E-state index is 6.02. The highest BCUT2D eigenvalue weighted by atomic mass is 16.5. The summed E-state index contributed by atoms with van der Waals surface area (Å²) < 4.78 is 6.02. The van der Waals surface area contributed by atoms with E-state index in [9.17, 15) is 0 Å². The van der Waals surface area contributed by atoms with Gasteiger partial charge in [-0.25, -0.2) is 0 Å². The maximum Gasteiger partial charge on any atom is 0.122 e. The molecule has 1 aliphatic heterocycles. The second-order valence-corrected chi connectivity index (χ2v) is 6.35. The molecule has 0 bridgehead atoms. The van der Waals surface area contributed by atoms with Crippen LogP contribution >= 0.6 is 0 Å². The van der Waals surface area contributed by atoms with Gasteiger partial charge >= 0.3 is 0 Å². The van der Waals surface area contributed by atoms with Crippen LogP contribution in [0.4, 0.5) is 0 Å². The van der Waals surface area contributed by atoms with Crippen LogP contribution in [-0.2, 0) is 6.54 Å². The first kappa shape index (κ1) is 13.9. The van der Waals surface area contributed by atoms with Gasteiger partial charge in [0, 0.05) is 32.7 Å². The maximum atomic E-state index is 6.02. The lowest BCUT2D eigenvalue weighted by Gasteiger charge is -2.32. The molecule has 0 aromatic heterocycles. The van der Waals surface area contributed by atoms with Crippen molar-refractivity contribution in [2.45, 2.75) is 38.8 Å². The van der Waals surface area contributed by atoms with Crippen LogP contribution < -0.4 is 4.74 Å². The predicted molar refractivity (Wildman–Crippen MR) is 82.2 cm³/mol. The van der Waals surface area contributed by atoms with Gasteiger partial charge in [-0.2, -0.15) is 0 Å². The van der Waals surface area contributed by atoms with Crippen molar-refractivity contribution in [1.82, 2.24) is 9.80 Å². The Balaban J connectivity index is 1.58. The first-order valence-electron chi connectivity index (χ1n) is 7.88. The van der Waals surface area contributed by atoms with Crippen LogP contribution in [0.1, 0.15) is 30.4 Å². The minimum Gasteiger partial charge on any atom is -0.490 e. The fraction of sp³-hybridized carbons (Fsp3) is 0.647. The number of benzene rings is 1. The number of ether oxygens (including phenoxy) is 1. The highest BCUT2D eigenvalue weighted by Gasteiger charge is 2.20. The van der Waals surface area contributed by atoms with Crippen molar-refractivity contribution in [2.75, 3.05) is 33.2 Å². The van der Waals surface area contributed by atoms with Crippen LogP contribution in [0.2, 0.25) is 0 Å². The molecule has 0 N–H and O–H groups in total. The zero-order chi connectivity index (χ0) is 13.9. The van der Waals surface area contributed by atoms with Crippen molar-refractivity contribution in [2.24, 2.45) is 0 Å². The van der Waals surface area contributed by atoms with Crippen LogP contribution in [0.5, 0.6) is 5.75 Å². The molecule has 2 fully saturated rings. The van der Waals surface area contributed by atoms with Crippen molar-refractivity contribution in [3.63, 3.8) is 0 Å². The first-order valence-corrected chi connectivity index (χ1v) is 7.88. The van der Waals surface area contributed by atoms with Crippen LogP contribution in [-0.4, -0.2) is 49.1 Å². The minimum atomic E-state index is 0.470. The molecule has 3 nitrogen and oxygen atoms in total. The summed E-state index contributed by atoms with van der Waals surface area (Å²) in [7, 11) is 2.20. The highest BCUT2D eigenvalue weighted by molar-refractivity contribution is 5.36. The Morgan fingerprint density at radius 2 is 1.90 bits per heavy atom. The molecule has 110 valence electrons. The third-order valence-electron chi connectivity index (χ3n) is 4.59. The Labute approximate surface area is 122 Å². The molecule has 1 aromatic rings. The van der Waals surface area contributed by atoms with Gasteiger partial charge < -0.3 is 9.64 Å². The van der Waals surface area contributed by atoms with Gasteiger partial charge in [0.25, 0.3) is 0 Å². The van der Waals surface area contributed by atoms with Gasteiger partial charge in [-0.1, -0.05) is 12.1 Å². The predicted octanol–water partition coefficient (Wildman–Crippen LogP) is 2.67. The lowest BCUT2D eigenvalue weighted by atomic mass is 9.96. The van der Waals surface area contributed by atoms with E-state index in [-0.39, 0.29) is 0 Å². The molecule has 0 spiro atoms. The number of nitrogens with zero attached hydrogens (tertiary/aromatic N) is 2. The van der Waals surface area contributed by atoms with E-state index in [0.29, 0.717) is 6.10 Å². The molecule has 1 saturated heterocycles. The molecular weight excluding hydrogens is 248 g/mol. The third kappa shape index (κ3) is 3.33. The third-order valence-corrected chi connectivity index (χ3v) is 4.59. The summed E-state index contributed by atoms with van der Waals surface area (Å²) >= 11 is 0. The Kier molecular flexibility index (Phi) is 4.27. The summed E-state index contributed by atoms with van der Waals surface area (Å²) in [5.74, 6) is 1.08. The zero-order valence-electron chi connectivity index (χ0n) is 12.8. The Hall–Kier alpha value is -1.06. The van der Waals surface area contributed by atoms with Crippen molar-refractivity contribution in [3.05, 3.63) is 29.3 Å². The number of piperazine rings is 1. The smallest absolute Gasteiger partial charge is 0.122 e. The van der Waals surface area contributed by atoms with Crippen molar-refractivity contribution >= 4 is 0 Å². The largest absolute Gasteiger partial charge is 0.490 e. The lowest BCUT2D eigenvalue weighted by Crippen LogP contribution is -2.43. The molecule has 20 heavy (non-hydrogen) atoms. The van der Waals surface area contributed by atoms with Crippen molar-refractivity contribution in [3.8, 4) is 5.75 Å². The van der Waals surface area contributed by atoms with Crippen LogP contribution in [0.15, 0.2) is 18.2 Å². The Morgan fingerprint density at radius 3 is 2.50 bits per heavy atom. The van der Waals surface area contributed by atoms with Gasteiger partial charge in [0.1, 0.15) is 5.75 Å². The summed E-state index contributed by atoms with van der Waals surface area (Å²) in [5.41, 5.74) is 2.69. The van der Waals surface area contributed by atoms with Gasteiger partial charge in [0.05, 0.1) is 6.10 Å². The molecule has 1 heterocycles. The number of hydrogen-bond acceptors (Lipinski definition) is 3. The van der Waals surface area contributed by atoms with Crippen LogP contribution in [0.25, 0.3) is 0 Å². The van der Waals surface area contributed by atoms with E-state index in [2.05, 4.69) is 42.0 Å². The molecular formula is C17H26N2O. The highest BCUT2D eigenvalue weighted by Crippen LogP contribution is 2.28. The number of likely N-dealkylation sites (N-methyl/N-ethyl adjacent to an activating group) is 1. The van der Waals surface area contributed by atoms with E-state index in [4.69, 9.17) is 4.74 Å². The Bertz CT molecular complexity index is 448. The quantitative estimate of drug-likeness (QED) is 0.839. The lowest BCUT2D eigenvalue weighted by molar-refractivity contribution is 0.119. The second kappa shape index (κ2) is 6.15. The normalized spacial score (nSPS) is 21.7. The topological polar surface area (TPSA) is 15.7 Å². The van der Waals surface area contributed by atoms with Gasteiger partial charge in [-0.15, -0.1) is 0 Å². The number of hydrogen-bond donors (Lipinski definition) is 0. The molecule has 0 atom stereocenters. The van der Waals surface area contributed by atoms with Gasteiger partial charge in [0.2, 0.25) is 0 Å². The van der Waals surface area contributed by atoms with Crippen molar-refractivity contribution < 1.29 is 4.74 Å². The summed E-state index contributed by atoms with van der Waals surface area (Å²) in [4.78, 5) is 4.94. The number of aryl methyl sites for hydroxylation is 1. The molecule has 0 amide bonds. The van der Waals surface area contributed by atoms with Gasteiger partial charge in [-0.3, -0.25) is 4.90 Å². The molecule has 1 aliphatic carbocycles. The summed E-state index contributed by atoms with van der Waals surface area (Å²) in [6.45, 7) is 7.95. The molecule has 0 radical (unpaired) electrons. The average molecular weight is 274 g/mol. The van der Waals surface area contributed by atoms with Gasteiger partial charge in [-0.05, 0) is 50.4 Å². The molecule has 3 rings (SSSR count). The summed E-state index contributed by atoms with van der Waals surface area (Å²) in [6.07, 6.45) is 4.24. The second-order valence-electron chi connectivity index (χ2n) is 6.35. The molecule has 3 heteroatoms. The average Bonchev–Trinajstić information content (AvgIpc) is 2.38. The standard InChI is InChI=1S/C17H26N2O/c1-14-12-15(13-19-10-8-18(2)9-11-19)6-7-17(14)20-16-4-3-5-16/h6-7,12,16H,3-5,8-11,13H2,1-2H3. The fourth-order valence-corrected chi connectivity index (χ4v) is 2.87. The monoisotopic (exact) mass is 274 g/mol. The molecule has 2 aliphatic rings. The Morgan fingerprint density at radius 1 is 1.15 bits per heavy atom. The van der Waals surface area contributed by atoms with Crippen LogP contribution in [0.3, 0.4) is 0 Å². The van der Waals surface area contributed by atoms with Crippen LogP contribution in [0, 0.1) is 6.92 Å². The van der Waals surface area contributed by atoms with E-state index in [0.717, 1.165) is 12.3 Å². The van der Waals surface area contributed by atoms with E-state index < -0.39 is 0 Å². The first-order chi connectivity index (χ1) is 9.70. The fourth-order valence-electron chi connectivity index (χ4n) is 2.87. The van der Waals surface area contributed by atoms with E-state index in [1.165, 1.54) is 56.6 Å². The van der Waals surface area contributed by atoms with E-state index in [1.807, 2.05) is 0 Å². The number of rotatable bonds is 4. The van der Waals surface area contributed by atoms with E-state index >= 15 is 0 Å². The molecule has 0 unspecified atom stereocenters. The summed E-state index contributed by atoms with van der Waals surface area (Å²) in [5, 5.41) is 0. The minimum absolute atomic E-state index is 0.470. The zero-order valence-corrected chi connectivity index (χ0v) is 12.8. The molecule has 1 saturated carbocycles. The van der Waals surface area contributed by atoms with Crippen molar-refractivity contribution in [1.29, 1.82) is 0 Å².